The number of methoxy groups -OCH3 is 1. The number of rotatable bonds is 3. The summed E-state index contributed by atoms with van der Waals surface area (Å²) in [5.41, 5.74) is 0.484. The number of fused-ring (bicyclic) bond motifs is 1. The number of amides is 1. The Labute approximate surface area is 117 Å². The number of carbonyl (C=O) groups is 1. The lowest BCUT2D eigenvalue weighted by atomic mass is 9.76. The van der Waals surface area contributed by atoms with Gasteiger partial charge in [0.2, 0.25) is 0 Å². The predicted octanol–water partition coefficient (Wildman–Crippen LogP) is 2.26. The Balaban J connectivity index is 1.72. The van der Waals surface area contributed by atoms with Crippen LogP contribution in [0.2, 0.25) is 5.02 Å². The van der Waals surface area contributed by atoms with Gasteiger partial charge in [-0.25, -0.2) is 0 Å². The molecule has 19 heavy (non-hydrogen) atoms. The quantitative estimate of drug-likeness (QED) is 0.924. The summed E-state index contributed by atoms with van der Waals surface area (Å²) < 4.78 is 10.7. The molecule has 5 heteroatoms. The molecule has 1 N–H and O–H groups in total. The van der Waals surface area contributed by atoms with E-state index in [0.717, 1.165) is 19.4 Å². The highest BCUT2D eigenvalue weighted by Crippen LogP contribution is 2.38. The molecular weight excluding hydrogens is 266 g/mol. The van der Waals surface area contributed by atoms with Crippen LogP contribution in [0.25, 0.3) is 0 Å². The second kappa shape index (κ2) is 5.02. The number of benzene rings is 1. The first-order chi connectivity index (χ1) is 9.19. The molecule has 0 bridgehead atoms. The van der Waals surface area contributed by atoms with Crippen LogP contribution in [0.15, 0.2) is 18.2 Å². The summed E-state index contributed by atoms with van der Waals surface area (Å²) in [5.74, 6) is 0.879. The van der Waals surface area contributed by atoms with Crippen molar-refractivity contribution in [1.82, 2.24) is 5.32 Å². The largest absolute Gasteiger partial charge is 0.496 e. The number of nitrogens with one attached hydrogen (secondary N) is 1. The van der Waals surface area contributed by atoms with Gasteiger partial charge >= 0.3 is 0 Å². The molecule has 1 saturated carbocycles. The van der Waals surface area contributed by atoms with Crippen molar-refractivity contribution in [2.75, 3.05) is 13.7 Å². The third-order valence-electron chi connectivity index (χ3n) is 3.99. The molecule has 0 radical (unpaired) electrons. The molecule has 3 rings (SSSR count). The average Bonchev–Trinajstić information content (AvgIpc) is 2.77. The summed E-state index contributed by atoms with van der Waals surface area (Å²) in [6.07, 6.45) is 2.27. The van der Waals surface area contributed by atoms with Crippen molar-refractivity contribution in [1.29, 1.82) is 0 Å². The fourth-order valence-corrected chi connectivity index (χ4v) is 3.04. The lowest BCUT2D eigenvalue weighted by molar-refractivity contribution is 0.00807. The van der Waals surface area contributed by atoms with Gasteiger partial charge in [0.05, 0.1) is 18.8 Å². The molecule has 102 valence electrons. The molecule has 1 aromatic rings. The van der Waals surface area contributed by atoms with E-state index in [1.807, 2.05) is 0 Å². The van der Waals surface area contributed by atoms with Crippen molar-refractivity contribution in [3.8, 4) is 5.75 Å². The lowest BCUT2D eigenvalue weighted by Gasteiger charge is -2.39. The zero-order valence-corrected chi connectivity index (χ0v) is 11.4. The molecule has 0 unspecified atom stereocenters. The van der Waals surface area contributed by atoms with Crippen LogP contribution in [0.5, 0.6) is 5.75 Å². The molecule has 3 atom stereocenters. The van der Waals surface area contributed by atoms with Crippen molar-refractivity contribution < 1.29 is 14.3 Å². The fourth-order valence-electron chi connectivity index (χ4n) is 2.87. The van der Waals surface area contributed by atoms with Crippen LogP contribution in [0.1, 0.15) is 23.2 Å². The second-order valence-electron chi connectivity index (χ2n) is 5.02. The molecule has 2 aliphatic rings. The second-order valence-corrected chi connectivity index (χ2v) is 5.46. The third-order valence-corrected chi connectivity index (χ3v) is 4.22. The van der Waals surface area contributed by atoms with Gasteiger partial charge in [0.15, 0.2) is 0 Å². The Bertz CT molecular complexity index is 505. The molecule has 0 aromatic heterocycles. The van der Waals surface area contributed by atoms with E-state index in [4.69, 9.17) is 21.1 Å². The Morgan fingerprint density at radius 2 is 2.37 bits per heavy atom. The normalized spacial score (nSPS) is 28.4. The molecule has 1 heterocycles. The molecule has 1 aromatic carbocycles. The Morgan fingerprint density at radius 1 is 1.53 bits per heavy atom. The van der Waals surface area contributed by atoms with Crippen LogP contribution in [-0.2, 0) is 4.74 Å². The first-order valence-corrected chi connectivity index (χ1v) is 6.83. The van der Waals surface area contributed by atoms with Crippen molar-refractivity contribution in [3.05, 3.63) is 28.8 Å². The van der Waals surface area contributed by atoms with E-state index in [9.17, 15) is 4.79 Å². The predicted molar refractivity (Wildman–Crippen MR) is 71.7 cm³/mol. The first-order valence-electron chi connectivity index (χ1n) is 6.45. The summed E-state index contributed by atoms with van der Waals surface area (Å²) >= 11 is 5.94. The molecule has 1 amide bonds. The zero-order chi connectivity index (χ0) is 13.4. The van der Waals surface area contributed by atoms with Gasteiger partial charge < -0.3 is 14.8 Å². The highest BCUT2D eigenvalue weighted by molar-refractivity contribution is 6.31. The maximum atomic E-state index is 12.3. The zero-order valence-electron chi connectivity index (χ0n) is 10.7. The summed E-state index contributed by atoms with van der Waals surface area (Å²) in [6, 6.07) is 5.27. The van der Waals surface area contributed by atoms with Gasteiger partial charge in [-0.1, -0.05) is 11.6 Å². The van der Waals surface area contributed by atoms with Gasteiger partial charge in [-0.15, -0.1) is 0 Å². The number of hydrogen-bond acceptors (Lipinski definition) is 3. The molecular formula is C14H16ClNO3. The number of hydrogen-bond donors (Lipinski definition) is 1. The van der Waals surface area contributed by atoms with E-state index in [1.54, 1.807) is 25.3 Å². The summed E-state index contributed by atoms with van der Waals surface area (Å²) in [7, 11) is 1.55. The maximum Gasteiger partial charge on any atom is 0.255 e. The van der Waals surface area contributed by atoms with Crippen molar-refractivity contribution in [2.24, 2.45) is 5.92 Å². The minimum Gasteiger partial charge on any atom is -0.496 e. The van der Waals surface area contributed by atoms with E-state index < -0.39 is 0 Å². The highest BCUT2D eigenvalue weighted by Gasteiger charge is 2.45. The Morgan fingerprint density at radius 3 is 3.11 bits per heavy atom. The smallest absolute Gasteiger partial charge is 0.255 e. The van der Waals surface area contributed by atoms with Crippen LogP contribution in [0, 0.1) is 5.92 Å². The first kappa shape index (κ1) is 12.8. The van der Waals surface area contributed by atoms with Crippen LogP contribution in [-0.4, -0.2) is 31.8 Å². The van der Waals surface area contributed by atoms with Crippen molar-refractivity contribution >= 4 is 17.5 Å². The summed E-state index contributed by atoms with van der Waals surface area (Å²) in [6.45, 7) is 0.808. The summed E-state index contributed by atoms with van der Waals surface area (Å²) in [5, 5.41) is 3.58. The van der Waals surface area contributed by atoms with Crippen molar-refractivity contribution in [2.45, 2.75) is 25.0 Å². The van der Waals surface area contributed by atoms with Gasteiger partial charge in [0.25, 0.3) is 5.91 Å². The monoisotopic (exact) mass is 281 g/mol. The van der Waals surface area contributed by atoms with Gasteiger partial charge in [-0.3, -0.25) is 4.79 Å². The van der Waals surface area contributed by atoms with E-state index in [0.29, 0.717) is 28.4 Å². The molecule has 1 aliphatic carbocycles. The molecule has 0 spiro atoms. The SMILES string of the molecule is COc1ccc(Cl)cc1C(=O)N[C@H]1C[C@@H]2OCC[C@H]12. The van der Waals surface area contributed by atoms with Gasteiger partial charge in [-0.2, -0.15) is 0 Å². The van der Waals surface area contributed by atoms with Gasteiger partial charge in [-0.05, 0) is 31.0 Å². The van der Waals surface area contributed by atoms with E-state index >= 15 is 0 Å². The number of ether oxygens (including phenoxy) is 2. The molecule has 2 fully saturated rings. The Kier molecular flexibility index (Phi) is 3.37. The lowest BCUT2D eigenvalue weighted by Crippen LogP contribution is -2.53. The average molecular weight is 282 g/mol. The molecule has 1 saturated heterocycles. The van der Waals surface area contributed by atoms with Crippen LogP contribution in [0.4, 0.5) is 0 Å². The molecule has 1 aliphatic heterocycles. The van der Waals surface area contributed by atoms with E-state index in [1.165, 1.54) is 0 Å². The van der Waals surface area contributed by atoms with Crippen LogP contribution >= 0.6 is 11.6 Å². The van der Waals surface area contributed by atoms with Crippen LogP contribution in [0.3, 0.4) is 0 Å². The molecule has 4 nitrogen and oxygen atoms in total. The minimum atomic E-state index is -0.130. The maximum absolute atomic E-state index is 12.3. The van der Waals surface area contributed by atoms with E-state index in [2.05, 4.69) is 5.32 Å². The number of carbonyl (C=O) groups excluding carboxylic acids is 1. The van der Waals surface area contributed by atoms with E-state index in [-0.39, 0.29) is 11.9 Å². The fraction of sp³-hybridized carbons (Fsp3) is 0.500. The standard InChI is InChI=1S/C14H16ClNO3/c1-18-12-3-2-8(15)6-10(12)14(17)16-11-7-13-9(11)4-5-19-13/h2-3,6,9,11,13H,4-5,7H2,1H3,(H,16,17)/t9-,11+,13+/m1/s1. The Hall–Kier alpha value is -1.26. The van der Waals surface area contributed by atoms with Gasteiger partial charge in [0.1, 0.15) is 5.75 Å². The highest BCUT2D eigenvalue weighted by atomic mass is 35.5. The van der Waals surface area contributed by atoms with Crippen molar-refractivity contribution in [3.63, 3.8) is 0 Å². The summed E-state index contributed by atoms with van der Waals surface area (Å²) in [4.78, 5) is 12.3. The van der Waals surface area contributed by atoms with Crippen LogP contribution < -0.4 is 10.1 Å². The van der Waals surface area contributed by atoms with Gasteiger partial charge in [0, 0.05) is 23.6 Å². The third kappa shape index (κ3) is 2.30. The number of halogens is 1. The topological polar surface area (TPSA) is 47.6 Å². The minimum absolute atomic E-state index is 0.130.